The first-order valence-electron chi connectivity index (χ1n) is 7.65. The molecular weight excluding hydrogens is 387 g/mol. The molecule has 0 saturated heterocycles. The number of hydrogen-bond donors (Lipinski definition) is 0. The molecule has 0 unspecified atom stereocenters. The zero-order chi connectivity index (χ0) is 20.1. The molecule has 0 aromatic heterocycles. The highest BCUT2D eigenvalue weighted by Gasteiger charge is 2.77. The van der Waals surface area contributed by atoms with Crippen molar-refractivity contribution >= 4 is 46.0 Å². The zero-order valence-corrected chi connectivity index (χ0v) is 15.7. The molecule has 27 heavy (non-hydrogen) atoms. The topological polar surface area (TPSA) is 109 Å². The second kappa shape index (κ2) is 5.96. The molecule has 2 atom stereocenters. The number of benzene rings is 1. The second-order valence-corrected chi connectivity index (χ2v) is 7.07. The molecule has 0 radical (unpaired) electrons. The van der Waals surface area contributed by atoms with Gasteiger partial charge >= 0.3 is 0 Å². The van der Waals surface area contributed by atoms with E-state index in [1.54, 1.807) is 36.4 Å². The zero-order valence-electron chi connectivity index (χ0n) is 14.2. The largest absolute Gasteiger partial charge is 0.378 e. The first kappa shape index (κ1) is 18.7. The van der Waals surface area contributed by atoms with E-state index in [4.69, 9.17) is 23.2 Å². The molecule has 0 fully saturated rings. The molecule has 0 bridgehead atoms. The lowest BCUT2D eigenvalue weighted by Gasteiger charge is -2.51. The van der Waals surface area contributed by atoms with E-state index in [9.17, 15) is 25.4 Å². The van der Waals surface area contributed by atoms with Crippen LogP contribution in [0.15, 0.2) is 39.9 Å². The van der Waals surface area contributed by atoms with Crippen LogP contribution < -0.4 is 4.90 Å². The van der Waals surface area contributed by atoms with Gasteiger partial charge in [0.1, 0.15) is 10.1 Å². The molecule has 0 spiro atoms. The van der Waals surface area contributed by atoms with Gasteiger partial charge in [-0.2, -0.15) is 15.8 Å². The maximum atomic E-state index is 12.9. The number of Topliss-reactive ketones (excluding diaryl/α,β-unsaturated/α-hetero) is 2. The van der Waals surface area contributed by atoms with Gasteiger partial charge in [0.25, 0.3) is 0 Å². The summed E-state index contributed by atoms with van der Waals surface area (Å²) < 4.78 is 0. The summed E-state index contributed by atoms with van der Waals surface area (Å²) in [7, 11) is 3.68. The fourth-order valence-corrected chi connectivity index (χ4v) is 4.05. The molecule has 132 valence electrons. The highest BCUT2D eigenvalue weighted by Crippen LogP contribution is 2.68. The number of hydrogen-bond acceptors (Lipinski definition) is 6. The van der Waals surface area contributed by atoms with Gasteiger partial charge in [-0.1, -0.05) is 35.3 Å². The van der Waals surface area contributed by atoms with Gasteiger partial charge < -0.3 is 4.90 Å². The molecule has 6 nitrogen and oxygen atoms in total. The number of rotatable bonds is 2. The molecule has 0 heterocycles. The molecule has 1 aromatic carbocycles. The van der Waals surface area contributed by atoms with Crippen molar-refractivity contribution in [3.05, 3.63) is 45.5 Å². The number of carbonyl (C=O) groups excluding carboxylic acids is 2. The van der Waals surface area contributed by atoms with Gasteiger partial charge in [0.05, 0.1) is 23.8 Å². The van der Waals surface area contributed by atoms with Crippen molar-refractivity contribution in [1.29, 1.82) is 15.8 Å². The summed E-state index contributed by atoms with van der Waals surface area (Å²) in [5.41, 5.74) is -3.52. The second-order valence-electron chi connectivity index (χ2n) is 6.31. The summed E-state index contributed by atoms with van der Waals surface area (Å²) in [4.78, 5) is 27.5. The number of fused-ring (bicyclic) bond motifs is 1. The summed E-state index contributed by atoms with van der Waals surface area (Å²) in [6.07, 6.45) is 0. The summed E-state index contributed by atoms with van der Waals surface area (Å²) in [6.45, 7) is 0. The summed E-state index contributed by atoms with van der Waals surface area (Å²) >= 11 is 11.8. The van der Waals surface area contributed by atoms with E-state index in [1.807, 2.05) is 25.1 Å². The number of nitriles is 3. The lowest BCUT2D eigenvalue weighted by molar-refractivity contribution is -0.134. The summed E-state index contributed by atoms with van der Waals surface area (Å²) in [5, 5.41) is 28.0. The van der Waals surface area contributed by atoms with E-state index in [0.29, 0.717) is 5.56 Å². The Balaban J connectivity index is 2.38. The maximum Gasteiger partial charge on any atom is 0.203 e. The number of ketones is 2. The summed E-state index contributed by atoms with van der Waals surface area (Å²) in [5.74, 6) is -1.97. The van der Waals surface area contributed by atoms with Crippen molar-refractivity contribution in [2.75, 3.05) is 19.0 Å². The number of halogens is 2. The number of carbonyl (C=O) groups is 2. The van der Waals surface area contributed by atoms with E-state index >= 15 is 0 Å². The third-order valence-electron chi connectivity index (χ3n) is 4.95. The Bertz CT molecular complexity index is 1100. The lowest BCUT2D eigenvalue weighted by atomic mass is 9.42. The lowest BCUT2D eigenvalue weighted by Crippen LogP contribution is -2.62. The molecule has 8 heteroatoms. The van der Waals surface area contributed by atoms with Crippen LogP contribution in [0.25, 0.3) is 5.57 Å². The first-order chi connectivity index (χ1) is 12.7. The van der Waals surface area contributed by atoms with Crippen LogP contribution in [-0.2, 0) is 9.59 Å². The van der Waals surface area contributed by atoms with Crippen molar-refractivity contribution in [1.82, 2.24) is 0 Å². The Kier molecular flexibility index (Phi) is 4.12. The Hall–Kier alpha value is -3.11. The number of allylic oxidation sites excluding steroid dienone is 4. The van der Waals surface area contributed by atoms with E-state index in [-0.39, 0.29) is 11.1 Å². The normalized spacial score (nSPS) is 26.6. The molecule has 1 aromatic rings. The van der Waals surface area contributed by atoms with Crippen molar-refractivity contribution in [2.24, 2.45) is 10.8 Å². The van der Waals surface area contributed by atoms with Crippen molar-refractivity contribution < 1.29 is 9.59 Å². The molecule has 0 amide bonds. The van der Waals surface area contributed by atoms with Crippen LogP contribution in [0.4, 0.5) is 5.69 Å². The SMILES string of the molecule is CN(C)c1ccc(C2=C(C#N)[C@]3(C#N)C(=O)C(Cl)=C(Cl)C(=O)[C@]23C#N)cc1. The van der Waals surface area contributed by atoms with Crippen LogP contribution in [0.3, 0.4) is 0 Å². The molecule has 0 aliphatic heterocycles. The molecule has 0 N–H and O–H groups in total. The Morgan fingerprint density at radius 2 is 1.37 bits per heavy atom. The number of nitrogens with zero attached hydrogens (tertiary/aromatic N) is 4. The van der Waals surface area contributed by atoms with Crippen LogP contribution in [0.2, 0.25) is 0 Å². The minimum atomic E-state index is -2.29. The predicted octanol–water partition coefficient (Wildman–Crippen LogP) is 2.90. The Morgan fingerprint density at radius 1 is 0.889 bits per heavy atom. The van der Waals surface area contributed by atoms with E-state index < -0.39 is 32.5 Å². The van der Waals surface area contributed by atoms with Crippen LogP contribution in [0.1, 0.15) is 5.56 Å². The third-order valence-corrected chi connectivity index (χ3v) is 5.77. The Labute approximate surface area is 165 Å². The van der Waals surface area contributed by atoms with E-state index in [0.717, 1.165) is 5.69 Å². The quantitative estimate of drug-likeness (QED) is 0.759. The van der Waals surface area contributed by atoms with E-state index in [2.05, 4.69) is 0 Å². The predicted molar refractivity (Wildman–Crippen MR) is 98.1 cm³/mol. The molecule has 0 saturated carbocycles. The molecule has 2 aliphatic carbocycles. The third kappa shape index (κ3) is 1.93. The molecule has 2 aliphatic rings. The fourth-order valence-electron chi connectivity index (χ4n) is 3.59. The monoisotopic (exact) mass is 396 g/mol. The van der Waals surface area contributed by atoms with Crippen molar-refractivity contribution in [3.63, 3.8) is 0 Å². The maximum absolute atomic E-state index is 12.9. The highest BCUT2D eigenvalue weighted by atomic mass is 35.5. The van der Waals surface area contributed by atoms with Gasteiger partial charge in [0, 0.05) is 25.4 Å². The molecular formula is C19H10Cl2N4O2. The average molecular weight is 397 g/mol. The average Bonchev–Trinajstić information content (AvgIpc) is 2.66. The van der Waals surface area contributed by atoms with Gasteiger partial charge in [-0.15, -0.1) is 0 Å². The first-order valence-corrected chi connectivity index (χ1v) is 8.40. The van der Waals surface area contributed by atoms with Gasteiger partial charge in [-0.05, 0) is 17.7 Å². The standard InChI is InChI=1S/C19H10Cl2N4O2/c1-25(2)11-5-3-10(4-6-11)13-12(7-22)18(8-23)16(26)14(20)15(21)17(27)19(13,18)9-24/h3-6H,1-2H3/t18-,19+/m1/s1. The van der Waals surface area contributed by atoms with E-state index in [1.165, 1.54) is 0 Å². The molecule has 3 rings (SSSR count). The van der Waals surface area contributed by atoms with Crippen LogP contribution >= 0.6 is 23.2 Å². The van der Waals surface area contributed by atoms with Gasteiger partial charge in [-0.3, -0.25) is 9.59 Å². The van der Waals surface area contributed by atoms with Gasteiger partial charge in [0.2, 0.25) is 11.6 Å². The smallest absolute Gasteiger partial charge is 0.203 e. The van der Waals surface area contributed by atoms with Gasteiger partial charge in [0.15, 0.2) is 10.8 Å². The fraction of sp³-hybridized carbons (Fsp3) is 0.211. The summed E-state index contributed by atoms with van der Waals surface area (Å²) in [6, 6.07) is 12.0. The van der Waals surface area contributed by atoms with Crippen LogP contribution in [-0.4, -0.2) is 25.7 Å². The minimum Gasteiger partial charge on any atom is -0.378 e. The van der Waals surface area contributed by atoms with Crippen molar-refractivity contribution in [3.8, 4) is 18.2 Å². The highest BCUT2D eigenvalue weighted by molar-refractivity contribution is 6.59. The Morgan fingerprint density at radius 3 is 1.78 bits per heavy atom. The number of anilines is 1. The van der Waals surface area contributed by atoms with Gasteiger partial charge in [-0.25, -0.2) is 0 Å². The van der Waals surface area contributed by atoms with Crippen LogP contribution in [0, 0.1) is 44.8 Å². The van der Waals surface area contributed by atoms with Crippen molar-refractivity contribution in [2.45, 2.75) is 0 Å². The minimum absolute atomic E-state index is 0.0139. The van der Waals surface area contributed by atoms with Crippen LogP contribution in [0.5, 0.6) is 0 Å².